The molecule has 0 spiro atoms. The second-order valence-corrected chi connectivity index (χ2v) is 9.09. The number of alkyl halides is 3. The molecule has 2 bridgehead atoms. The minimum absolute atomic E-state index is 0.0554. The Hall–Kier alpha value is -2.52. The van der Waals surface area contributed by atoms with Crippen molar-refractivity contribution in [2.45, 2.75) is 37.6 Å². The van der Waals surface area contributed by atoms with Gasteiger partial charge in [0.05, 0.1) is 15.6 Å². The molecule has 2 aromatic rings. The highest BCUT2D eigenvalue weighted by Crippen LogP contribution is 2.69. The van der Waals surface area contributed by atoms with Gasteiger partial charge in [0.25, 0.3) is 5.91 Å². The first-order valence-corrected chi connectivity index (χ1v) is 10.4. The van der Waals surface area contributed by atoms with E-state index in [0.717, 1.165) is 12.3 Å². The number of ether oxygens (including phenoxy) is 2. The van der Waals surface area contributed by atoms with Crippen molar-refractivity contribution in [1.29, 1.82) is 0 Å². The van der Waals surface area contributed by atoms with Crippen LogP contribution in [-0.2, 0) is 4.79 Å². The molecule has 0 saturated heterocycles. The lowest BCUT2D eigenvalue weighted by Gasteiger charge is -2.70. The third-order valence-corrected chi connectivity index (χ3v) is 6.34. The Bertz CT molecular complexity index is 1040. The molecule has 3 aliphatic carbocycles. The van der Waals surface area contributed by atoms with E-state index in [1.54, 1.807) is 18.2 Å². The number of carbonyl (C=O) groups excluding carboxylic acids is 2. The zero-order valence-electron chi connectivity index (χ0n) is 16.5. The molecular weight excluding hydrogens is 472 g/mol. The predicted molar refractivity (Wildman–Crippen MR) is 109 cm³/mol. The first kappa shape index (κ1) is 22.7. The molecule has 1 aromatic carbocycles. The number of nitrogens with one attached hydrogen (secondary N) is 1. The molecule has 3 fully saturated rings. The number of benzene rings is 1. The Kier molecular flexibility index (Phi) is 5.75. The molecule has 6 nitrogen and oxygen atoms in total. The van der Waals surface area contributed by atoms with E-state index in [9.17, 15) is 22.8 Å². The Balaban J connectivity index is 1.22. The van der Waals surface area contributed by atoms with Crippen LogP contribution in [0.15, 0.2) is 36.5 Å². The topological polar surface area (TPSA) is 77.5 Å². The maximum absolute atomic E-state index is 12.4. The van der Waals surface area contributed by atoms with Crippen molar-refractivity contribution in [2.75, 3.05) is 6.61 Å². The van der Waals surface area contributed by atoms with Crippen LogP contribution in [0.25, 0.3) is 0 Å². The van der Waals surface area contributed by atoms with Gasteiger partial charge in [0, 0.05) is 30.3 Å². The van der Waals surface area contributed by atoms with E-state index in [1.807, 2.05) is 0 Å². The van der Waals surface area contributed by atoms with Crippen LogP contribution in [0.3, 0.4) is 0 Å². The van der Waals surface area contributed by atoms with Gasteiger partial charge in [-0.3, -0.25) is 9.59 Å². The van der Waals surface area contributed by atoms with Gasteiger partial charge in [-0.05, 0) is 42.9 Å². The normalized spacial score (nSPS) is 23.5. The molecule has 0 unspecified atom stereocenters. The zero-order valence-corrected chi connectivity index (χ0v) is 18.0. The van der Waals surface area contributed by atoms with Crippen LogP contribution < -0.4 is 14.8 Å². The van der Waals surface area contributed by atoms with Gasteiger partial charge in [0.15, 0.2) is 5.78 Å². The lowest BCUT2D eigenvalue weighted by molar-refractivity contribution is -0.276. The summed E-state index contributed by atoms with van der Waals surface area (Å²) in [6.45, 7) is -0.0862. The fourth-order valence-corrected chi connectivity index (χ4v) is 4.81. The van der Waals surface area contributed by atoms with Gasteiger partial charge in [0.2, 0.25) is 5.88 Å². The number of halogens is 5. The highest BCUT2D eigenvalue weighted by atomic mass is 35.5. The van der Waals surface area contributed by atoms with Crippen molar-refractivity contribution in [2.24, 2.45) is 5.41 Å². The quantitative estimate of drug-likeness (QED) is 0.566. The third-order valence-electron chi connectivity index (χ3n) is 5.60. The van der Waals surface area contributed by atoms with Gasteiger partial charge in [-0.15, -0.1) is 13.2 Å². The SMILES string of the molecule is O=C(COc1ccc(Cl)c(Cl)c1)CC12CC(NC(=O)c3ccc(OC(F)(F)F)nc3)(C1)C2. The average molecular weight is 489 g/mol. The van der Waals surface area contributed by atoms with Gasteiger partial charge in [-0.25, -0.2) is 4.98 Å². The minimum Gasteiger partial charge on any atom is -0.486 e. The van der Waals surface area contributed by atoms with Gasteiger partial charge >= 0.3 is 6.36 Å². The number of aromatic nitrogens is 1. The number of hydrogen-bond donors (Lipinski definition) is 1. The van der Waals surface area contributed by atoms with Crippen LogP contribution >= 0.6 is 23.2 Å². The molecule has 3 aliphatic rings. The summed E-state index contributed by atoms with van der Waals surface area (Å²) in [5.74, 6) is -0.673. The monoisotopic (exact) mass is 488 g/mol. The van der Waals surface area contributed by atoms with E-state index < -0.39 is 18.1 Å². The maximum Gasteiger partial charge on any atom is 0.574 e. The van der Waals surface area contributed by atoms with Gasteiger partial charge < -0.3 is 14.8 Å². The minimum atomic E-state index is -4.85. The number of ketones is 1. The van der Waals surface area contributed by atoms with E-state index in [-0.39, 0.29) is 28.9 Å². The summed E-state index contributed by atoms with van der Waals surface area (Å²) in [6, 6.07) is 6.96. The molecule has 11 heteroatoms. The summed E-state index contributed by atoms with van der Waals surface area (Å²) in [4.78, 5) is 28.2. The number of Topliss-reactive ketones (excluding diaryl/α,β-unsaturated/α-hetero) is 1. The number of pyridine rings is 1. The second-order valence-electron chi connectivity index (χ2n) is 8.28. The molecule has 1 N–H and O–H groups in total. The molecule has 5 rings (SSSR count). The first-order valence-electron chi connectivity index (χ1n) is 9.61. The number of nitrogens with zero attached hydrogens (tertiary/aromatic N) is 1. The summed E-state index contributed by atoms with van der Waals surface area (Å²) in [7, 11) is 0. The summed E-state index contributed by atoms with van der Waals surface area (Å²) in [5.41, 5.74) is -0.402. The van der Waals surface area contributed by atoms with Crippen LogP contribution in [0.4, 0.5) is 13.2 Å². The molecule has 0 atom stereocenters. The first-order chi connectivity index (χ1) is 15.0. The van der Waals surface area contributed by atoms with Crippen LogP contribution in [0.2, 0.25) is 10.0 Å². The fraction of sp³-hybridized carbons (Fsp3) is 0.381. The molecule has 170 valence electrons. The lowest BCUT2D eigenvalue weighted by atomic mass is 9.38. The number of amides is 1. The Labute approximate surface area is 191 Å². The summed E-state index contributed by atoms with van der Waals surface area (Å²) >= 11 is 11.8. The van der Waals surface area contributed by atoms with E-state index in [1.165, 1.54) is 6.07 Å². The number of hydrogen-bond acceptors (Lipinski definition) is 5. The Morgan fingerprint density at radius 2 is 1.81 bits per heavy atom. The van der Waals surface area contributed by atoms with E-state index >= 15 is 0 Å². The molecule has 1 heterocycles. The Morgan fingerprint density at radius 3 is 2.41 bits per heavy atom. The molecule has 3 saturated carbocycles. The van der Waals surface area contributed by atoms with Crippen molar-refractivity contribution in [3.63, 3.8) is 0 Å². The second kappa shape index (κ2) is 8.12. The van der Waals surface area contributed by atoms with Crippen molar-refractivity contribution in [3.8, 4) is 11.6 Å². The van der Waals surface area contributed by atoms with Crippen molar-refractivity contribution < 1.29 is 32.2 Å². The summed E-state index contributed by atoms with van der Waals surface area (Å²) in [6.07, 6.45) is -1.49. The smallest absolute Gasteiger partial charge is 0.486 e. The molecule has 1 aromatic heterocycles. The van der Waals surface area contributed by atoms with E-state index in [2.05, 4.69) is 15.0 Å². The van der Waals surface area contributed by atoms with Gasteiger partial charge in [-0.2, -0.15) is 0 Å². The number of carbonyl (C=O) groups is 2. The molecule has 32 heavy (non-hydrogen) atoms. The summed E-state index contributed by atoms with van der Waals surface area (Å²) in [5, 5.41) is 3.63. The lowest BCUT2D eigenvalue weighted by Crippen LogP contribution is -2.75. The van der Waals surface area contributed by atoms with Gasteiger partial charge in [-0.1, -0.05) is 23.2 Å². The highest BCUT2D eigenvalue weighted by molar-refractivity contribution is 6.42. The molecular formula is C21H17Cl2F3N2O4. The molecule has 0 aliphatic heterocycles. The zero-order chi connectivity index (χ0) is 23.1. The maximum atomic E-state index is 12.4. The van der Waals surface area contributed by atoms with Crippen LogP contribution in [0.1, 0.15) is 36.0 Å². The van der Waals surface area contributed by atoms with E-state index in [4.69, 9.17) is 27.9 Å². The summed E-state index contributed by atoms with van der Waals surface area (Å²) < 4.78 is 45.7. The number of rotatable bonds is 8. The third kappa shape index (κ3) is 4.94. The standard InChI is InChI=1S/C21H17Cl2F3N2O4/c22-15-3-2-14(5-16(15)23)31-8-13(29)6-19-9-20(10-19,11-19)28-18(30)12-1-4-17(27-7-12)32-21(24,25)26/h1-5,7H,6,8-11H2,(H,28,30). The van der Waals surface area contributed by atoms with Gasteiger partial charge in [0.1, 0.15) is 12.4 Å². The highest BCUT2D eigenvalue weighted by Gasteiger charge is 2.68. The largest absolute Gasteiger partial charge is 0.574 e. The molecule has 0 radical (unpaired) electrons. The molecule has 1 amide bonds. The van der Waals surface area contributed by atoms with Crippen molar-refractivity contribution in [1.82, 2.24) is 10.3 Å². The van der Waals surface area contributed by atoms with Crippen LogP contribution in [-0.4, -0.2) is 35.2 Å². The van der Waals surface area contributed by atoms with Crippen molar-refractivity contribution in [3.05, 3.63) is 52.1 Å². The van der Waals surface area contributed by atoms with E-state index in [0.29, 0.717) is 41.5 Å². The fourth-order valence-electron chi connectivity index (χ4n) is 4.52. The van der Waals surface area contributed by atoms with Crippen LogP contribution in [0.5, 0.6) is 11.6 Å². The average Bonchev–Trinajstić information content (AvgIpc) is 2.65. The van der Waals surface area contributed by atoms with Crippen LogP contribution in [0, 0.1) is 5.41 Å². The predicted octanol–water partition coefficient (Wildman–Crippen LogP) is 4.98. The van der Waals surface area contributed by atoms with Crippen molar-refractivity contribution >= 4 is 34.9 Å². The Morgan fingerprint density at radius 1 is 1.09 bits per heavy atom.